The highest BCUT2D eigenvalue weighted by Crippen LogP contribution is 2.33. The number of halogens is 2. The SMILES string of the molecule is O=C1COc2c(cccc2C(=O)NCC(c2c(F)cccc2Cl)N2CCCC2)N1. The number of amides is 2. The second-order valence-corrected chi connectivity index (χ2v) is 7.53. The molecule has 152 valence electrons. The van der Waals surface area contributed by atoms with Gasteiger partial charge in [-0.05, 0) is 50.2 Å². The van der Waals surface area contributed by atoms with Crippen LogP contribution in [0.3, 0.4) is 0 Å². The molecule has 2 N–H and O–H groups in total. The maximum Gasteiger partial charge on any atom is 0.262 e. The second-order valence-electron chi connectivity index (χ2n) is 7.12. The number of rotatable bonds is 5. The highest BCUT2D eigenvalue weighted by atomic mass is 35.5. The molecule has 0 spiro atoms. The smallest absolute Gasteiger partial charge is 0.262 e. The van der Waals surface area contributed by atoms with E-state index in [1.807, 2.05) is 0 Å². The third kappa shape index (κ3) is 4.06. The van der Waals surface area contributed by atoms with Crippen molar-refractivity contribution in [2.24, 2.45) is 0 Å². The summed E-state index contributed by atoms with van der Waals surface area (Å²) >= 11 is 6.30. The number of para-hydroxylation sites is 1. The highest BCUT2D eigenvalue weighted by molar-refractivity contribution is 6.31. The van der Waals surface area contributed by atoms with Gasteiger partial charge in [-0.1, -0.05) is 23.7 Å². The number of benzene rings is 2. The summed E-state index contributed by atoms with van der Waals surface area (Å²) in [7, 11) is 0. The Morgan fingerprint density at radius 2 is 2.00 bits per heavy atom. The van der Waals surface area contributed by atoms with Gasteiger partial charge in [0.2, 0.25) is 0 Å². The van der Waals surface area contributed by atoms with Crippen molar-refractivity contribution in [1.82, 2.24) is 10.2 Å². The number of likely N-dealkylation sites (tertiary alicyclic amines) is 1. The van der Waals surface area contributed by atoms with Crippen LogP contribution in [0.1, 0.15) is 34.8 Å². The molecule has 8 heteroatoms. The number of ether oxygens (including phenoxy) is 1. The molecule has 2 amide bonds. The summed E-state index contributed by atoms with van der Waals surface area (Å²) in [5, 5.41) is 5.92. The molecule has 2 aliphatic heterocycles. The van der Waals surface area contributed by atoms with Crippen LogP contribution in [0.15, 0.2) is 36.4 Å². The summed E-state index contributed by atoms with van der Waals surface area (Å²) in [5.74, 6) is -0.661. The number of nitrogens with zero attached hydrogens (tertiary/aromatic N) is 1. The summed E-state index contributed by atoms with van der Waals surface area (Å²) in [5.41, 5.74) is 1.18. The van der Waals surface area contributed by atoms with Crippen LogP contribution in [0.4, 0.5) is 10.1 Å². The molecular formula is C21H21ClFN3O3. The average Bonchev–Trinajstić information content (AvgIpc) is 3.23. The Hall–Kier alpha value is -2.64. The number of hydrogen-bond acceptors (Lipinski definition) is 4. The zero-order valence-electron chi connectivity index (χ0n) is 15.7. The number of nitrogens with one attached hydrogen (secondary N) is 2. The Bertz CT molecular complexity index is 927. The summed E-state index contributed by atoms with van der Waals surface area (Å²) < 4.78 is 20.0. The minimum absolute atomic E-state index is 0.140. The molecule has 1 fully saturated rings. The number of carbonyl (C=O) groups is 2. The molecule has 1 unspecified atom stereocenters. The standard InChI is InChI=1S/C21H21ClFN3O3/c22-14-6-4-7-15(23)19(14)17(26-9-1-2-10-26)11-24-21(28)13-5-3-8-16-20(13)29-12-18(27)25-16/h3-8,17H,1-2,9-12H2,(H,24,28)(H,25,27). The van der Waals surface area contributed by atoms with Crippen LogP contribution in [0.5, 0.6) is 5.75 Å². The van der Waals surface area contributed by atoms with Gasteiger partial charge < -0.3 is 15.4 Å². The average molecular weight is 418 g/mol. The minimum Gasteiger partial charge on any atom is -0.481 e. The molecule has 4 rings (SSSR count). The third-order valence-electron chi connectivity index (χ3n) is 5.25. The minimum atomic E-state index is -0.383. The van der Waals surface area contributed by atoms with Crippen molar-refractivity contribution in [2.75, 3.05) is 31.6 Å². The zero-order chi connectivity index (χ0) is 20.4. The Balaban J connectivity index is 1.56. The first-order valence-electron chi connectivity index (χ1n) is 9.56. The molecule has 2 heterocycles. The number of carbonyl (C=O) groups excluding carboxylic acids is 2. The van der Waals surface area contributed by atoms with E-state index in [2.05, 4.69) is 15.5 Å². The molecule has 6 nitrogen and oxygen atoms in total. The van der Waals surface area contributed by atoms with E-state index in [1.54, 1.807) is 30.3 Å². The lowest BCUT2D eigenvalue weighted by Crippen LogP contribution is -2.38. The molecule has 0 aromatic heterocycles. The second kappa shape index (κ2) is 8.39. The van der Waals surface area contributed by atoms with E-state index in [4.69, 9.17) is 16.3 Å². The maximum absolute atomic E-state index is 14.6. The lowest BCUT2D eigenvalue weighted by Gasteiger charge is -2.29. The number of anilines is 1. The predicted molar refractivity (Wildman–Crippen MR) is 108 cm³/mol. The van der Waals surface area contributed by atoms with Gasteiger partial charge in [-0.15, -0.1) is 0 Å². The molecule has 2 aliphatic rings. The molecule has 0 bridgehead atoms. The fourth-order valence-corrected chi connectivity index (χ4v) is 4.16. The molecule has 1 saturated heterocycles. The van der Waals surface area contributed by atoms with Gasteiger partial charge in [0.1, 0.15) is 5.82 Å². The zero-order valence-corrected chi connectivity index (χ0v) is 16.5. The first-order valence-corrected chi connectivity index (χ1v) is 9.94. The topological polar surface area (TPSA) is 70.7 Å². The summed E-state index contributed by atoms with van der Waals surface area (Å²) in [4.78, 5) is 26.5. The van der Waals surface area contributed by atoms with Gasteiger partial charge in [0, 0.05) is 17.1 Å². The molecule has 2 aromatic rings. The highest BCUT2D eigenvalue weighted by Gasteiger charge is 2.29. The normalized spacial score (nSPS) is 17.2. The van der Waals surface area contributed by atoms with Crippen LogP contribution in [0, 0.1) is 5.82 Å². The summed E-state index contributed by atoms with van der Waals surface area (Å²) in [6, 6.07) is 9.24. The van der Waals surface area contributed by atoms with E-state index in [-0.39, 0.29) is 36.8 Å². The first kappa shape index (κ1) is 19.7. The quantitative estimate of drug-likeness (QED) is 0.782. The Kier molecular flexibility index (Phi) is 5.69. The summed E-state index contributed by atoms with van der Waals surface area (Å²) in [6.45, 7) is 1.70. The van der Waals surface area contributed by atoms with Crippen molar-refractivity contribution in [3.8, 4) is 5.75 Å². The lowest BCUT2D eigenvalue weighted by molar-refractivity contribution is -0.118. The van der Waals surface area contributed by atoms with Crippen LogP contribution in [-0.2, 0) is 4.79 Å². The predicted octanol–water partition coefficient (Wildman–Crippen LogP) is 3.38. The molecule has 0 aliphatic carbocycles. The van der Waals surface area contributed by atoms with Crippen LogP contribution in [-0.4, -0.2) is 43.0 Å². The maximum atomic E-state index is 14.6. The first-order chi connectivity index (χ1) is 14.0. The van der Waals surface area contributed by atoms with Gasteiger partial charge in [-0.2, -0.15) is 0 Å². The van der Waals surface area contributed by atoms with Crippen molar-refractivity contribution < 1.29 is 18.7 Å². The van der Waals surface area contributed by atoms with E-state index in [9.17, 15) is 14.0 Å². The van der Waals surface area contributed by atoms with Gasteiger partial charge in [0.05, 0.1) is 17.3 Å². The van der Waals surface area contributed by atoms with Gasteiger partial charge in [-0.3, -0.25) is 14.5 Å². The van der Waals surface area contributed by atoms with Crippen LogP contribution >= 0.6 is 11.6 Å². The van der Waals surface area contributed by atoms with E-state index in [0.717, 1.165) is 25.9 Å². The summed E-state index contributed by atoms with van der Waals surface area (Å²) in [6.07, 6.45) is 2.05. The van der Waals surface area contributed by atoms with Gasteiger partial charge in [-0.25, -0.2) is 4.39 Å². The molecule has 2 aromatic carbocycles. The molecule has 0 radical (unpaired) electrons. The Morgan fingerprint density at radius 1 is 1.24 bits per heavy atom. The third-order valence-corrected chi connectivity index (χ3v) is 5.58. The largest absolute Gasteiger partial charge is 0.481 e. The van der Waals surface area contributed by atoms with Gasteiger partial charge >= 0.3 is 0 Å². The van der Waals surface area contributed by atoms with E-state index < -0.39 is 0 Å². The monoisotopic (exact) mass is 417 g/mol. The van der Waals surface area contributed by atoms with Crippen molar-refractivity contribution >= 4 is 29.1 Å². The lowest BCUT2D eigenvalue weighted by atomic mass is 10.0. The molecule has 1 atom stereocenters. The van der Waals surface area contributed by atoms with E-state index >= 15 is 0 Å². The fourth-order valence-electron chi connectivity index (χ4n) is 3.87. The van der Waals surface area contributed by atoms with Crippen LogP contribution in [0.25, 0.3) is 0 Å². The van der Waals surface area contributed by atoms with Gasteiger partial charge in [0.25, 0.3) is 11.8 Å². The number of fused-ring (bicyclic) bond motifs is 1. The van der Waals surface area contributed by atoms with Gasteiger partial charge in [0.15, 0.2) is 12.4 Å². The Labute approximate surface area is 173 Å². The van der Waals surface area contributed by atoms with Crippen molar-refractivity contribution in [3.63, 3.8) is 0 Å². The van der Waals surface area contributed by atoms with E-state index in [0.29, 0.717) is 27.6 Å². The molecule has 0 saturated carbocycles. The van der Waals surface area contributed by atoms with Crippen LogP contribution in [0.2, 0.25) is 5.02 Å². The molecule has 29 heavy (non-hydrogen) atoms. The molecular weight excluding hydrogens is 397 g/mol. The van der Waals surface area contributed by atoms with Crippen molar-refractivity contribution in [2.45, 2.75) is 18.9 Å². The Morgan fingerprint density at radius 3 is 2.76 bits per heavy atom. The number of hydrogen-bond donors (Lipinski definition) is 2. The van der Waals surface area contributed by atoms with Crippen molar-refractivity contribution in [3.05, 3.63) is 58.4 Å². The van der Waals surface area contributed by atoms with Crippen LogP contribution < -0.4 is 15.4 Å². The van der Waals surface area contributed by atoms with Crippen molar-refractivity contribution in [1.29, 1.82) is 0 Å². The fraction of sp³-hybridized carbons (Fsp3) is 0.333. The van der Waals surface area contributed by atoms with E-state index in [1.165, 1.54) is 6.07 Å².